The molecule has 1 aliphatic rings. The third kappa shape index (κ3) is 3.83. The SMILES string of the molecule is [2H]C([2H])(Nc1ccc(C(F)(F)F)cn1)[C@H]1NC[C@@H](C)O[C@H]1C. The van der Waals surface area contributed by atoms with E-state index in [1.807, 2.05) is 6.92 Å². The van der Waals surface area contributed by atoms with Crippen molar-refractivity contribution >= 4 is 5.82 Å². The van der Waals surface area contributed by atoms with Crippen LogP contribution in [0.5, 0.6) is 0 Å². The van der Waals surface area contributed by atoms with E-state index in [2.05, 4.69) is 15.6 Å². The number of alkyl halides is 3. The van der Waals surface area contributed by atoms with E-state index < -0.39 is 24.3 Å². The molecule has 2 rings (SSSR count). The van der Waals surface area contributed by atoms with Crippen molar-refractivity contribution in [2.24, 2.45) is 0 Å². The summed E-state index contributed by atoms with van der Waals surface area (Å²) in [7, 11) is 0. The van der Waals surface area contributed by atoms with E-state index in [0.717, 1.165) is 12.1 Å². The maximum absolute atomic E-state index is 12.5. The van der Waals surface area contributed by atoms with E-state index in [1.54, 1.807) is 6.92 Å². The predicted molar refractivity (Wildman–Crippen MR) is 69.5 cm³/mol. The molecule has 1 saturated heterocycles. The number of nitrogens with zero attached hydrogens (tertiary/aromatic N) is 1. The molecule has 0 aromatic carbocycles. The Balaban J connectivity index is 2.08. The Morgan fingerprint density at radius 3 is 2.80 bits per heavy atom. The van der Waals surface area contributed by atoms with E-state index >= 15 is 0 Å². The van der Waals surface area contributed by atoms with Gasteiger partial charge in [-0.3, -0.25) is 0 Å². The summed E-state index contributed by atoms with van der Waals surface area (Å²) >= 11 is 0. The summed E-state index contributed by atoms with van der Waals surface area (Å²) in [6.07, 6.45) is -4.20. The van der Waals surface area contributed by atoms with Gasteiger partial charge in [-0.2, -0.15) is 13.2 Å². The Kier molecular flexibility index (Phi) is 3.70. The number of rotatable bonds is 3. The molecule has 1 aromatic rings. The maximum Gasteiger partial charge on any atom is 0.417 e. The van der Waals surface area contributed by atoms with Gasteiger partial charge in [0.05, 0.1) is 26.6 Å². The molecule has 112 valence electrons. The third-order valence-electron chi connectivity index (χ3n) is 2.99. The Labute approximate surface area is 118 Å². The van der Waals surface area contributed by atoms with Crippen LogP contribution in [0, 0.1) is 0 Å². The zero-order valence-corrected chi connectivity index (χ0v) is 11.2. The van der Waals surface area contributed by atoms with Crippen molar-refractivity contribution in [3.05, 3.63) is 23.9 Å². The molecular weight excluding hydrogens is 271 g/mol. The zero-order valence-electron chi connectivity index (χ0n) is 13.2. The Morgan fingerprint density at radius 2 is 2.25 bits per heavy atom. The van der Waals surface area contributed by atoms with Crippen LogP contribution in [0.4, 0.5) is 19.0 Å². The second-order valence-corrected chi connectivity index (χ2v) is 4.74. The fraction of sp³-hybridized carbons (Fsp3) is 0.615. The molecule has 0 radical (unpaired) electrons. The minimum absolute atomic E-state index is 0.0220. The van der Waals surface area contributed by atoms with Gasteiger partial charge < -0.3 is 15.4 Å². The molecule has 7 heteroatoms. The summed E-state index contributed by atoms with van der Waals surface area (Å²) < 4.78 is 59.2. The van der Waals surface area contributed by atoms with E-state index in [9.17, 15) is 13.2 Å². The summed E-state index contributed by atoms with van der Waals surface area (Å²) in [5.41, 5.74) is -0.875. The molecule has 0 unspecified atom stereocenters. The van der Waals surface area contributed by atoms with Gasteiger partial charge in [-0.25, -0.2) is 4.98 Å². The number of hydrogen-bond acceptors (Lipinski definition) is 4. The lowest BCUT2D eigenvalue weighted by atomic mass is 10.1. The van der Waals surface area contributed by atoms with Crippen molar-refractivity contribution in [1.29, 1.82) is 0 Å². The number of pyridine rings is 1. The predicted octanol–water partition coefficient (Wildman–Crippen LogP) is 2.28. The zero-order chi connectivity index (χ0) is 16.5. The highest BCUT2D eigenvalue weighted by molar-refractivity contribution is 5.36. The monoisotopic (exact) mass is 291 g/mol. The Morgan fingerprint density at radius 1 is 1.50 bits per heavy atom. The van der Waals surface area contributed by atoms with Crippen molar-refractivity contribution in [3.63, 3.8) is 0 Å². The van der Waals surface area contributed by atoms with Gasteiger partial charge in [-0.15, -0.1) is 0 Å². The van der Waals surface area contributed by atoms with Crippen LogP contribution < -0.4 is 10.6 Å². The van der Waals surface area contributed by atoms with E-state index in [1.165, 1.54) is 0 Å². The molecule has 20 heavy (non-hydrogen) atoms. The summed E-state index contributed by atoms with van der Waals surface area (Å²) in [6, 6.07) is 1.33. The van der Waals surface area contributed by atoms with Gasteiger partial charge in [-0.05, 0) is 26.0 Å². The van der Waals surface area contributed by atoms with Crippen LogP contribution in [0.3, 0.4) is 0 Å². The molecule has 2 N–H and O–H groups in total. The van der Waals surface area contributed by atoms with E-state index in [0.29, 0.717) is 12.7 Å². The van der Waals surface area contributed by atoms with Crippen LogP contribution in [-0.4, -0.2) is 36.3 Å². The van der Waals surface area contributed by atoms with Crippen LogP contribution in [0.25, 0.3) is 0 Å². The summed E-state index contributed by atoms with van der Waals surface area (Å²) in [5.74, 6) is 0.0330. The van der Waals surface area contributed by atoms with Gasteiger partial charge in [0.15, 0.2) is 0 Å². The lowest BCUT2D eigenvalue weighted by molar-refractivity contribution is -0.137. The fourth-order valence-electron chi connectivity index (χ4n) is 1.91. The molecule has 1 fully saturated rings. The summed E-state index contributed by atoms with van der Waals surface area (Å²) in [4.78, 5) is 3.63. The first-order valence-electron chi connectivity index (χ1n) is 7.30. The molecule has 0 amide bonds. The second-order valence-electron chi connectivity index (χ2n) is 4.74. The number of anilines is 1. The second kappa shape index (κ2) is 5.97. The highest BCUT2D eigenvalue weighted by Gasteiger charge is 2.30. The lowest BCUT2D eigenvalue weighted by Gasteiger charge is -2.34. The van der Waals surface area contributed by atoms with Gasteiger partial charge in [0.1, 0.15) is 5.82 Å². The minimum atomic E-state index is -4.46. The standard InChI is InChI=1S/C13H18F3N3O/c1-8-5-17-11(9(2)20-8)7-19-12-4-3-10(6-18-12)13(14,15)16/h3-4,6,8-9,11,17H,5,7H2,1-2H3,(H,18,19)/t8-,9+,11-/m1/s1/i7D2. The van der Waals surface area contributed by atoms with Crippen LogP contribution in [0.1, 0.15) is 22.2 Å². The fourth-order valence-corrected chi connectivity index (χ4v) is 1.91. The topological polar surface area (TPSA) is 46.2 Å². The average Bonchev–Trinajstić information content (AvgIpc) is 2.37. The summed E-state index contributed by atoms with van der Waals surface area (Å²) in [5, 5.41) is 5.57. The van der Waals surface area contributed by atoms with Gasteiger partial charge in [-0.1, -0.05) is 0 Å². The van der Waals surface area contributed by atoms with Crippen molar-refractivity contribution in [2.45, 2.75) is 38.3 Å². The van der Waals surface area contributed by atoms with Crippen LogP contribution >= 0.6 is 0 Å². The molecule has 4 nitrogen and oxygen atoms in total. The van der Waals surface area contributed by atoms with Gasteiger partial charge in [0, 0.05) is 19.2 Å². The van der Waals surface area contributed by atoms with Crippen molar-refractivity contribution in [3.8, 4) is 0 Å². The Bertz CT molecular complexity index is 510. The van der Waals surface area contributed by atoms with Gasteiger partial charge >= 0.3 is 6.18 Å². The van der Waals surface area contributed by atoms with E-state index in [4.69, 9.17) is 7.48 Å². The summed E-state index contributed by atoms with van der Waals surface area (Å²) in [6.45, 7) is 2.19. The average molecular weight is 291 g/mol. The largest absolute Gasteiger partial charge is 0.417 e. The molecule has 0 spiro atoms. The molecule has 2 heterocycles. The first kappa shape index (κ1) is 12.4. The van der Waals surface area contributed by atoms with Crippen molar-refractivity contribution in [2.75, 3.05) is 18.4 Å². The smallest absolute Gasteiger partial charge is 0.373 e. The van der Waals surface area contributed by atoms with Crippen LogP contribution in [0.2, 0.25) is 0 Å². The highest BCUT2D eigenvalue weighted by Crippen LogP contribution is 2.28. The molecular formula is C13H18F3N3O. The quantitative estimate of drug-likeness (QED) is 0.897. The van der Waals surface area contributed by atoms with Crippen molar-refractivity contribution < 1.29 is 20.6 Å². The first-order valence-corrected chi connectivity index (χ1v) is 6.30. The van der Waals surface area contributed by atoms with Gasteiger partial charge in [0.25, 0.3) is 0 Å². The van der Waals surface area contributed by atoms with E-state index in [-0.39, 0.29) is 18.0 Å². The normalized spacial score (nSPS) is 29.6. The first-order chi connectivity index (χ1) is 10.1. The minimum Gasteiger partial charge on any atom is -0.373 e. The number of morpholine rings is 1. The Hall–Kier alpha value is -1.34. The van der Waals surface area contributed by atoms with Gasteiger partial charge in [0.2, 0.25) is 0 Å². The number of nitrogens with one attached hydrogen (secondary N) is 2. The van der Waals surface area contributed by atoms with Crippen LogP contribution in [-0.2, 0) is 10.9 Å². The number of hydrogen-bond donors (Lipinski definition) is 2. The number of ether oxygens (including phenoxy) is 1. The maximum atomic E-state index is 12.5. The number of aromatic nitrogens is 1. The molecule has 0 bridgehead atoms. The molecule has 0 aliphatic carbocycles. The molecule has 0 saturated carbocycles. The molecule has 3 atom stereocenters. The highest BCUT2D eigenvalue weighted by atomic mass is 19.4. The lowest BCUT2D eigenvalue weighted by Crippen LogP contribution is -2.53. The number of halogens is 3. The third-order valence-corrected chi connectivity index (χ3v) is 2.99. The molecule has 1 aliphatic heterocycles. The molecule has 1 aromatic heterocycles. The van der Waals surface area contributed by atoms with Crippen LogP contribution in [0.15, 0.2) is 18.3 Å². The van der Waals surface area contributed by atoms with Crippen molar-refractivity contribution in [1.82, 2.24) is 10.3 Å².